The number of aliphatic hydroxyl groups is 1. The second-order valence-corrected chi connectivity index (χ2v) is 5.11. The van der Waals surface area contributed by atoms with Gasteiger partial charge in [-0.2, -0.15) is 0 Å². The van der Waals surface area contributed by atoms with Gasteiger partial charge in [0.05, 0.1) is 12.5 Å². The van der Waals surface area contributed by atoms with Crippen molar-refractivity contribution in [1.82, 2.24) is 0 Å². The van der Waals surface area contributed by atoms with Gasteiger partial charge in [0.2, 0.25) is 0 Å². The lowest BCUT2D eigenvalue weighted by Crippen LogP contribution is -2.32. The molecule has 0 radical (unpaired) electrons. The molecule has 4 heteroatoms. The Morgan fingerprint density at radius 2 is 2.18 bits per heavy atom. The lowest BCUT2D eigenvalue weighted by atomic mass is 9.94. The first-order valence-electron chi connectivity index (χ1n) is 6.39. The maximum Gasteiger partial charge on any atom is 0.312 e. The van der Waals surface area contributed by atoms with Crippen LogP contribution < -0.4 is 0 Å². The average molecular weight is 242 g/mol. The third-order valence-corrected chi connectivity index (χ3v) is 3.14. The van der Waals surface area contributed by atoms with Gasteiger partial charge in [-0.3, -0.25) is 9.59 Å². The summed E-state index contributed by atoms with van der Waals surface area (Å²) in [6.07, 6.45) is 2.52. The quantitative estimate of drug-likeness (QED) is 0.545. The number of carbonyl (C=O) groups excluding carboxylic acids is 2. The molecule has 0 amide bonds. The van der Waals surface area contributed by atoms with Crippen LogP contribution >= 0.6 is 0 Å². The van der Waals surface area contributed by atoms with E-state index in [-0.39, 0.29) is 5.78 Å². The Morgan fingerprint density at radius 1 is 1.47 bits per heavy atom. The van der Waals surface area contributed by atoms with Crippen molar-refractivity contribution in [2.45, 2.75) is 52.1 Å². The summed E-state index contributed by atoms with van der Waals surface area (Å²) in [5.41, 5.74) is 0. The Kier molecular flexibility index (Phi) is 5.62. The summed E-state index contributed by atoms with van der Waals surface area (Å²) >= 11 is 0. The molecule has 0 bridgehead atoms. The van der Waals surface area contributed by atoms with Crippen LogP contribution in [0.15, 0.2) is 0 Å². The van der Waals surface area contributed by atoms with Gasteiger partial charge < -0.3 is 9.84 Å². The molecule has 0 spiro atoms. The molecule has 2 atom stereocenters. The third-order valence-electron chi connectivity index (χ3n) is 3.14. The number of hydrogen-bond donors (Lipinski definition) is 1. The van der Waals surface area contributed by atoms with Crippen molar-refractivity contribution in [3.8, 4) is 0 Å². The molecule has 17 heavy (non-hydrogen) atoms. The first kappa shape index (κ1) is 14.2. The van der Waals surface area contributed by atoms with Crippen LogP contribution in [0, 0.1) is 11.8 Å². The Hall–Kier alpha value is -0.900. The number of ketones is 1. The molecule has 98 valence electrons. The van der Waals surface area contributed by atoms with E-state index in [4.69, 9.17) is 4.74 Å². The fourth-order valence-corrected chi connectivity index (χ4v) is 2.02. The van der Waals surface area contributed by atoms with Crippen molar-refractivity contribution in [2.24, 2.45) is 11.8 Å². The van der Waals surface area contributed by atoms with E-state index in [1.165, 1.54) is 0 Å². The fourth-order valence-electron chi connectivity index (χ4n) is 2.02. The molecule has 1 aliphatic rings. The highest BCUT2D eigenvalue weighted by atomic mass is 16.5. The topological polar surface area (TPSA) is 63.6 Å². The van der Waals surface area contributed by atoms with E-state index in [1.807, 2.05) is 0 Å². The first-order chi connectivity index (χ1) is 8.02. The van der Waals surface area contributed by atoms with Gasteiger partial charge in [0.15, 0.2) is 5.78 Å². The Labute approximate surface area is 102 Å². The second-order valence-electron chi connectivity index (χ2n) is 5.11. The SMILES string of the molecule is CC(C)CCCCC(=O)[C@H](O)[C@H]1CCOC1=O. The summed E-state index contributed by atoms with van der Waals surface area (Å²) in [6.45, 7) is 4.61. The molecule has 0 aromatic heterocycles. The van der Waals surface area contributed by atoms with Crippen LogP contribution in [0.3, 0.4) is 0 Å². The van der Waals surface area contributed by atoms with Crippen LogP contribution in [0.5, 0.6) is 0 Å². The Balaban J connectivity index is 2.25. The molecule has 1 fully saturated rings. The Bertz CT molecular complexity index is 273. The molecule has 0 aromatic carbocycles. The molecular formula is C13H22O4. The van der Waals surface area contributed by atoms with Gasteiger partial charge in [-0.15, -0.1) is 0 Å². The van der Waals surface area contributed by atoms with Gasteiger partial charge >= 0.3 is 5.97 Å². The van der Waals surface area contributed by atoms with Gasteiger partial charge in [0, 0.05) is 6.42 Å². The fraction of sp³-hybridized carbons (Fsp3) is 0.846. The van der Waals surface area contributed by atoms with Crippen molar-refractivity contribution in [1.29, 1.82) is 0 Å². The molecule has 0 saturated carbocycles. The summed E-state index contributed by atoms with van der Waals surface area (Å²) in [7, 11) is 0. The standard InChI is InChI=1S/C13H22O4/c1-9(2)5-3-4-6-11(14)12(15)10-7-8-17-13(10)16/h9-10,12,15H,3-8H2,1-2H3/t10-,12-/m1/s1. The zero-order chi connectivity index (χ0) is 12.8. The number of hydrogen-bond acceptors (Lipinski definition) is 4. The van der Waals surface area contributed by atoms with Gasteiger partial charge in [0.1, 0.15) is 6.10 Å². The molecule has 1 saturated heterocycles. The van der Waals surface area contributed by atoms with Crippen molar-refractivity contribution in [3.05, 3.63) is 0 Å². The monoisotopic (exact) mass is 242 g/mol. The van der Waals surface area contributed by atoms with Crippen molar-refractivity contribution in [3.63, 3.8) is 0 Å². The van der Waals surface area contributed by atoms with Crippen LogP contribution in [-0.4, -0.2) is 29.6 Å². The van der Waals surface area contributed by atoms with E-state index in [1.54, 1.807) is 0 Å². The number of cyclic esters (lactones) is 1. The number of esters is 1. The van der Waals surface area contributed by atoms with E-state index in [0.717, 1.165) is 19.3 Å². The van der Waals surface area contributed by atoms with Crippen LogP contribution in [-0.2, 0) is 14.3 Å². The maximum atomic E-state index is 11.7. The molecule has 1 N–H and O–H groups in total. The summed E-state index contributed by atoms with van der Waals surface area (Å²) in [5.74, 6) is -0.655. The summed E-state index contributed by atoms with van der Waals surface area (Å²) in [5, 5.41) is 9.75. The highest BCUT2D eigenvalue weighted by molar-refractivity contribution is 5.89. The molecule has 0 aliphatic carbocycles. The number of carbonyl (C=O) groups is 2. The largest absolute Gasteiger partial charge is 0.465 e. The molecule has 0 unspecified atom stereocenters. The van der Waals surface area contributed by atoms with Crippen LogP contribution in [0.1, 0.15) is 46.0 Å². The highest BCUT2D eigenvalue weighted by Gasteiger charge is 2.36. The first-order valence-corrected chi connectivity index (χ1v) is 6.39. The molecule has 4 nitrogen and oxygen atoms in total. The lowest BCUT2D eigenvalue weighted by Gasteiger charge is -2.13. The van der Waals surface area contributed by atoms with Crippen LogP contribution in [0.4, 0.5) is 0 Å². The second kappa shape index (κ2) is 6.74. The third kappa shape index (κ3) is 4.46. The number of rotatable bonds is 7. The predicted molar refractivity (Wildman–Crippen MR) is 63.4 cm³/mol. The van der Waals surface area contributed by atoms with Gasteiger partial charge in [-0.25, -0.2) is 0 Å². The Morgan fingerprint density at radius 3 is 2.71 bits per heavy atom. The molecule has 1 heterocycles. The molecule has 0 aromatic rings. The number of ether oxygens (including phenoxy) is 1. The summed E-state index contributed by atoms with van der Waals surface area (Å²) in [6, 6.07) is 0. The minimum atomic E-state index is -1.16. The highest BCUT2D eigenvalue weighted by Crippen LogP contribution is 2.20. The lowest BCUT2D eigenvalue weighted by molar-refractivity contribution is -0.147. The van der Waals surface area contributed by atoms with Crippen molar-refractivity contribution >= 4 is 11.8 Å². The zero-order valence-corrected chi connectivity index (χ0v) is 10.6. The van der Waals surface area contributed by atoms with E-state index in [9.17, 15) is 14.7 Å². The van der Waals surface area contributed by atoms with Crippen LogP contribution in [0.25, 0.3) is 0 Å². The van der Waals surface area contributed by atoms with Gasteiger partial charge in [-0.1, -0.05) is 26.7 Å². The average Bonchev–Trinajstić information content (AvgIpc) is 2.69. The maximum absolute atomic E-state index is 11.7. The number of Topliss-reactive ketones (excluding diaryl/α,β-unsaturated/α-hetero) is 1. The molecular weight excluding hydrogens is 220 g/mol. The summed E-state index contributed by atoms with van der Waals surface area (Å²) in [4.78, 5) is 22.9. The minimum Gasteiger partial charge on any atom is -0.465 e. The molecule has 1 rings (SSSR count). The van der Waals surface area contributed by atoms with Gasteiger partial charge in [-0.05, 0) is 18.8 Å². The van der Waals surface area contributed by atoms with E-state index in [2.05, 4.69) is 13.8 Å². The smallest absolute Gasteiger partial charge is 0.312 e. The zero-order valence-electron chi connectivity index (χ0n) is 10.6. The summed E-state index contributed by atoms with van der Waals surface area (Å²) < 4.78 is 4.74. The van der Waals surface area contributed by atoms with Crippen LogP contribution in [0.2, 0.25) is 0 Å². The molecule has 1 aliphatic heterocycles. The minimum absolute atomic E-state index is 0.224. The normalized spacial score (nSPS) is 21.6. The van der Waals surface area contributed by atoms with Crippen molar-refractivity contribution < 1.29 is 19.4 Å². The van der Waals surface area contributed by atoms with Crippen molar-refractivity contribution in [2.75, 3.05) is 6.61 Å². The van der Waals surface area contributed by atoms with E-state index < -0.39 is 18.0 Å². The van der Waals surface area contributed by atoms with Gasteiger partial charge in [0.25, 0.3) is 0 Å². The number of unbranched alkanes of at least 4 members (excludes halogenated alkanes) is 1. The van der Waals surface area contributed by atoms with E-state index >= 15 is 0 Å². The van der Waals surface area contributed by atoms with E-state index in [0.29, 0.717) is 25.4 Å². The number of aliphatic hydroxyl groups excluding tert-OH is 1. The predicted octanol–water partition coefficient (Wildman–Crippen LogP) is 1.70.